The zero-order valence-corrected chi connectivity index (χ0v) is 20.3. The number of H-pyrrole nitrogens is 1. The summed E-state index contributed by atoms with van der Waals surface area (Å²) < 4.78 is 27.4. The van der Waals surface area contributed by atoms with E-state index < -0.39 is 15.6 Å². The summed E-state index contributed by atoms with van der Waals surface area (Å²) in [5, 5.41) is 3.28. The Balaban J connectivity index is 1.69. The molecule has 0 atom stereocenters. The maximum absolute atomic E-state index is 13.5. The number of amides is 1. The third-order valence-electron chi connectivity index (χ3n) is 5.86. The Morgan fingerprint density at radius 2 is 1.94 bits per heavy atom. The minimum Gasteiger partial charge on any atom is -0.346 e. The molecular formula is C22H27N5O4S2. The Kier molecular flexibility index (Phi) is 6.82. The highest BCUT2D eigenvalue weighted by atomic mass is 32.2. The molecule has 3 aromatic rings. The van der Waals surface area contributed by atoms with Crippen LogP contribution in [0.2, 0.25) is 0 Å². The van der Waals surface area contributed by atoms with Gasteiger partial charge in [-0.1, -0.05) is 13.8 Å². The Hall–Kier alpha value is -2.76. The van der Waals surface area contributed by atoms with Crippen LogP contribution in [0.5, 0.6) is 0 Å². The van der Waals surface area contributed by atoms with Gasteiger partial charge in [0.15, 0.2) is 5.13 Å². The van der Waals surface area contributed by atoms with Crippen LogP contribution in [0, 0.1) is 0 Å². The molecular weight excluding hydrogens is 462 g/mol. The fraction of sp³-hybridized carbons (Fsp3) is 0.409. The van der Waals surface area contributed by atoms with Gasteiger partial charge in [-0.15, -0.1) is 11.3 Å². The van der Waals surface area contributed by atoms with Crippen LogP contribution >= 0.6 is 11.3 Å². The average Bonchev–Trinajstić information content (AvgIpc) is 3.23. The van der Waals surface area contributed by atoms with Crippen LogP contribution in [0.1, 0.15) is 30.6 Å². The largest absolute Gasteiger partial charge is 0.346 e. The minimum atomic E-state index is -3.70. The van der Waals surface area contributed by atoms with Crippen molar-refractivity contribution in [3.05, 3.63) is 51.8 Å². The number of aromatic nitrogens is 2. The molecule has 0 radical (unpaired) electrons. The summed E-state index contributed by atoms with van der Waals surface area (Å²) in [6.07, 6.45) is 2.54. The van der Waals surface area contributed by atoms with E-state index in [0.29, 0.717) is 43.6 Å². The summed E-state index contributed by atoms with van der Waals surface area (Å²) in [6, 6.07) is 5.78. The zero-order valence-electron chi connectivity index (χ0n) is 18.7. The van der Waals surface area contributed by atoms with Gasteiger partial charge in [-0.05, 0) is 24.6 Å². The predicted molar refractivity (Wildman–Crippen MR) is 130 cm³/mol. The smallest absolute Gasteiger partial charge is 0.254 e. The van der Waals surface area contributed by atoms with Gasteiger partial charge in [0.05, 0.1) is 10.5 Å². The SMILES string of the molecule is CCN(CC)S(=O)(=O)c1ccc2[nH]c(=O)cc(C(=O)N3CCCN(c4nccs4)CC3)c2c1. The van der Waals surface area contributed by atoms with Crippen LogP contribution in [0.4, 0.5) is 5.13 Å². The minimum absolute atomic E-state index is 0.102. The molecule has 2 aromatic heterocycles. The van der Waals surface area contributed by atoms with Gasteiger partial charge < -0.3 is 14.8 Å². The van der Waals surface area contributed by atoms with Gasteiger partial charge in [-0.2, -0.15) is 4.31 Å². The summed E-state index contributed by atoms with van der Waals surface area (Å²) in [5.74, 6) is -0.274. The number of rotatable bonds is 6. The first-order valence-corrected chi connectivity index (χ1v) is 13.3. The van der Waals surface area contributed by atoms with Gasteiger partial charge in [0.1, 0.15) is 0 Å². The maximum Gasteiger partial charge on any atom is 0.254 e. The first-order valence-electron chi connectivity index (χ1n) is 11.0. The predicted octanol–water partition coefficient (Wildman–Crippen LogP) is 2.37. The van der Waals surface area contributed by atoms with E-state index >= 15 is 0 Å². The lowest BCUT2D eigenvalue weighted by molar-refractivity contribution is 0.0768. The lowest BCUT2D eigenvalue weighted by Gasteiger charge is -2.22. The van der Waals surface area contributed by atoms with Crippen molar-refractivity contribution in [2.24, 2.45) is 0 Å². The fourth-order valence-electron chi connectivity index (χ4n) is 4.14. The van der Waals surface area contributed by atoms with Crippen LogP contribution in [0.15, 0.2) is 45.5 Å². The average molecular weight is 490 g/mol. The van der Waals surface area contributed by atoms with Crippen LogP contribution in [0.3, 0.4) is 0 Å². The molecule has 1 aliphatic rings. The van der Waals surface area contributed by atoms with Crippen molar-refractivity contribution in [2.45, 2.75) is 25.2 Å². The highest BCUT2D eigenvalue weighted by Gasteiger charge is 2.26. The Morgan fingerprint density at radius 3 is 2.64 bits per heavy atom. The van der Waals surface area contributed by atoms with Gasteiger partial charge in [-0.3, -0.25) is 9.59 Å². The Morgan fingerprint density at radius 1 is 1.15 bits per heavy atom. The lowest BCUT2D eigenvalue weighted by atomic mass is 10.1. The van der Waals surface area contributed by atoms with Gasteiger partial charge in [0.25, 0.3) is 5.91 Å². The summed E-state index contributed by atoms with van der Waals surface area (Å²) in [6.45, 7) is 6.72. The van der Waals surface area contributed by atoms with E-state index in [-0.39, 0.29) is 16.4 Å². The van der Waals surface area contributed by atoms with E-state index in [4.69, 9.17) is 0 Å². The number of hydrogen-bond donors (Lipinski definition) is 1. The highest BCUT2D eigenvalue weighted by molar-refractivity contribution is 7.89. The summed E-state index contributed by atoms with van der Waals surface area (Å²) >= 11 is 1.56. The van der Waals surface area contributed by atoms with Crippen molar-refractivity contribution < 1.29 is 13.2 Å². The number of benzene rings is 1. The van der Waals surface area contributed by atoms with Crippen LogP contribution in [0.25, 0.3) is 10.9 Å². The number of nitrogens with zero attached hydrogens (tertiary/aromatic N) is 4. The monoisotopic (exact) mass is 489 g/mol. The molecule has 33 heavy (non-hydrogen) atoms. The Labute approximate surface area is 196 Å². The molecule has 0 aliphatic carbocycles. The molecule has 1 amide bonds. The molecule has 1 aliphatic heterocycles. The molecule has 0 spiro atoms. The molecule has 1 saturated heterocycles. The fourth-order valence-corrected chi connectivity index (χ4v) is 6.32. The third kappa shape index (κ3) is 4.66. The van der Waals surface area contributed by atoms with E-state index in [1.807, 2.05) is 5.38 Å². The molecule has 0 unspecified atom stereocenters. The number of sulfonamides is 1. The van der Waals surface area contributed by atoms with Crippen molar-refractivity contribution >= 4 is 43.3 Å². The van der Waals surface area contributed by atoms with Crippen LogP contribution in [-0.2, 0) is 10.0 Å². The van der Waals surface area contributed by atoms with Crippen molar-refractivity contribution in [3.8, 4) is 0 Å². The van der Waals surface area contributed by atoms with E-state index in [1.54, 1.807) is 42.3 Å². The van der Waals surface area contributed by atoms with E-state index in [0.717, 1.165) is 18.1 Å². The van der Waals surface area contributed by atoms with Crippen molar-refractivity contribution in [1.82, 2.24) is 19.2 Å². The normalized spacial score (nSPS) is 15.2. The number of carbonyl (C=O) groups is 1. The van der Waals surface area contributed by atoms with Crippen molar-refractivity contribution in [3.63, 3.8) is 0 Å². The molecule has 9 nitrogen and oxygen atoms in total. The zero-order chi connectivity index (χ0) is 23.6. The van der Waals surface area contributed by atoms with Crippen LogP contribution in [-0.4, -0.2) is 72.8 Å². The second kappa shape index (κ2) is 9.62. The van der Waals surface area contributed by atoms with Gasteiger partial charge in [0, 0.05) is 67.8 Å². The maximum atomic E-state index is 13.5. The van der Waals surface area contributed by atoms with Crippen molar-refractivity contribution in [2.75, 3.05) is 44.2 Å². The molecule has 1 aromatic carbocycles. The Bertz CT molecular complexity index is 1300. The number of pyridine rings is 1. The first kappa shape index (κ1) is 23.4. The molecule has 11 heteroatoms. The van der Waals surface area contributed by atoms with Crippen molar-refractivity contribution in [1.29, 1.82) is 0 Å². The molecule has 1 fully saturated rings. The highest BCUT2D eigenvalue weighted by Crippen LogP contribution is 2.25. The summed E-state index contributed by atoms with van der Waals surface area (Å²) in [5.41, 5.74) is 0.251. The van der Waals surface area contributed by atoms with E-state index in [9.17, 15) is 18.0 Å². The number of nitrogens with one attached hydrogen (secondary N) is 1. The summed E-state index contributed by atoms with van der Waals surface area (Å²) in [7, 11) is -3.70. The number of fused-ring (bicyclic) bond motifs is 1. The van der Waals surface area contributed by atoms with E-state index in [2.05, 4.69) is 14.9 Å². The molecule has 0 saturated carbocycles. The second-order valence-electron chi connectivity index (χ2n) is 7.79. The lowest BCUT2D eigenvalue weighted by Crippen LogP contribution is -2.36. The topological polar surface area (TPSA) is 107 Å². The number of carbonyl (C=O) groups excluding carboxylic acids is 1. The standard InChI is InChI=1S/C22H27N5O4S2/c1-3-27(4-2)33(30,31)16-6-7-19-17(14-16)18(15-20(28)24-19)21(29)25-9-5-10-26(12-11-25)22-23-8-13-32-22/h6-8,13-15H,3-5,9-12H2,1-2H3,(H,24,28). The van der Waals surface area contributed by atoms with E-state index in [1.165, 1.54) is 22.5 Å². The molecule has 4 rings (SSSR count). The molecule has 1 N–H and O–H groups in total. The van der Waals surface area contributed by atoms with Gasteiger partial charge in [-0.25, -0.2) is 13.4 Å². The number of hydrogen-bond acceptors (Lipinski definition) is 7. The summed E-state index contributed by atoms with van der Waals surface area (Å²) in [4.78, 5) is 36.8. The van der Waals surface area contributed by atoms with Gasteiger partial charge >= 0.3 is 0 Å². The molecule has 0 bridgehead atoms. The number of thiazole rings is 1. The quantitative estimate of drug-likeness (QED) is 0.570. The number of aromatic amines is 1. The van der Waals surface area contributed by atoms with Gasteiger partial charge in [0.2, 0.25) is 15.6 Å². The second-order valence-corrected chi connectivity index (χ2v) is 10.6. The number of anilines is 1. The molecule has 3 heterocycles. The molecule has 176 valence electrons. The van der Waals surface area contributed by atoms with Crippen LogP contribution < -0.4 is 10.5 Å². The first-order chi connectivity index (χ1) is 15.8. The third-order valence-corrected chi connectivity index (χ3v) is 8.74.